The van der Waals surface area contributed by atoms with Gasteiger partial charge in [0.15, 0.2) is 0 Å². The van der Waals surface area contributed by atoms with Gasteiger partial charge in [0.05, 0.1) is 76.0 Å². The maximum absolute atomic E-state index is 6.02. The summed E-state index contributed by atoms with van der Waals surface area (Å²) in [6.45, 7) is 0. The van der Waals surface area contributed by atoms with E-state index in [2.05, 4.69) is 35.5 Å². The summed E-state index contributed by atoms with van der Waals surface area (Å²) in [5.41, 5.74) is 9.08. The zero-order valence-corrected chi connectivity index (χ0v) is 30.8. The number of methoxy groups -OCH3 is 6. The summed E-state index contributed by atoms with van der Waals surface area (Å²) in [4.78, 5) is 0. The highest BCUT2D eigenvalue weighted by atomic mass is 16.5. The summed E-state index contributed by atoms with van der Waals surface area (Å²) < 4.78 is 36.1. The molecule has 6 heteroatoms. The lowest BCUT2D eigenvalue weighted by Gasteiger charge is -2.16. The molecule has 0 unspecified atom stereocenters. The average Bonchev–Trinajstić information content (AvgIpc) is 3.22. The maximum Gasteiger partial charge on any atom is 0.142 e. The molecule has 0 saturated carbocycles. The van der Waals surface area contributed by atoms with Gasteiger partial charge in [-0.25, -0.2) is 0 Å². The summed E-state index contributed by atoms with van der Waals surface area (Å²) in [5, 5.41) is 0. The summed E-state index contributed by atoms with van der Waals surface area (Å²) in [6.07, 6.45) is 0. The normalized spacial score (nSPS) is 10.8. The standard InChI is InChI=1S/C48H36O6/c1-49-43-31-13-7-19-37(43)38-20-8-14-33(44(38)50-2)27-28-34-16-10-23-41(46(34)52-4)42-24-12-18-36(48(42)54-6)30-29-35-17-11-22-40(47(35)53-5)39-21-9-15-32(26-25-31)45(39)51-3/h7-24H,1-6H3. The molecule has 6 aromatic rings. The molecular formula is C48H36O6. The molecule has 7 rings (SSSR count). The molecule has 1 aliphatic carbocycles. The second-order valence-electron chi connectivity index (χ2n) is 12.1. The summed E-state index contributed by atoms with van der Waals surface area (Å²) >= 11 is 0. The highest BCUT2D eigenvalue weighted by Gasteiger charge is 2.20. The Kier molecular flexibility index (Phi) is 10.2. The quantitative estimate of drug-likeness (QED) is 0.161. The smallest absolute Gasteiger partial charge is 0.142 e. The second-order valence-corrected chi connectivity index (χ2v) is 12.1. The van der Waals surface area contributed by atoms with Crippen LogP contribution in [-0.2, 0) is 0 Å². The van der Waals surface area contributed by atoms with Gasteiger partial charge < -0.3 is 28.4 Å². The van der Waals surface area contributed by atoms with Crippen molar-refractivity contribution in [3.63, 3.8) is 0 Å². The second kappa shape index (κ2) is 15.6. The van der Waals surface area contributed by atoms with Crippen LogP contribution in [0.1, 0.15) is 33.4 Å². The van der Waals surface area contributed by atoms with Gasteiger partial charge in [-0.3, -0.25) is 0 Å². The molecule has 0 amide bonds. The van der Waals surface area contributed by atoms with E-state index in [0.717, 1.165) is 33.4 Å². The number of hydrogen-bond donors (Lipinski definition) is 0. The SMILES string of the molecule is COc1c2cccc1-c1cccc(c1OC)C#Cc1cccc(c1OC)-c1cccc(c1OC)C#Cc1cccc(c1OC)-c1cccc(c1OC)C#C2. The van der Waals surface area contributed by atoms with Crippen LogP contribution in [-0.4, -0.2) is 42.7 Å². The van der Waals surface area contributed by atoms with Crippen LogP contribution in [0.15, 0.2) is 109 Å². The van der Waals surface area contributed by atoms with E-state index in [1.807, 2.05) is 109 Å². The van der Waals surface area contributed by atoms with Crippen molar-refractivity contribution in [3.05, 3.63) is 143 Å². The van der Waals surface area contributed by atoms with Gasteiger partial charge in [0, 0.05) is 33.4 Å². The fraction of sp³-hybridized carbons (Fsp3) is 0.125. The molecule has 0 N–H and O–H groups in total. The third-order valence-corrected chi connectivity index (χ3v) is 9.18. The van der Waals surface area contributed by atoms with Crippen LogP contribution in [0.5, 0.6) is 34.5 Å². The molecule has 0 heterocycles. The average molecular weight is 709 g/mol. The Morgan fingerprint density at radius 2 is 0.389 bits per heavy atom. The van der Waals surface area contributed by atoms with Gasteiger partial charge in [0.25, 0.3) is 0 Å². The van der Waals surface area contributed by atoms with Gasteiger partial charge in [0.2, 0.25) is 0 Å². The molecule has 0 spiro atoms. The van der Waals surface area contributed by atoms with E-state index in [4.69, 9.17) is 28.4 Å². The molecule has 6 aromatic carbocycles. The van der Waals surface area contributed by atoms with Crippen molar-refractivity contribution in [2.45, 2.75) is 0 Å². The Bertz CT molecular complexity index is 2140. The monoisotopic (exact) mass is 708 g/mol. The molecule has 12 bridgehead atoms. The van der Waals surface area contributed by atoms with Crippen LogP contribution in [0.3, 0.4) is 0 Å². The largest absolute Gasteiger partial charge is 0.495 e. The van der Waals surface area contributed by atoms with Crippen molar-refractivity contribution in [2.75, 3.05) is 42.7 Å². The molecule has 0 fully saturated rings. The number of rotatable bonds is 6. The lowest BCUT2D eigenvalue weighted by molar-refractivity contribution is 0.408. The topological polar surface area (TPSA) is 55.4 Å². The number of para-hydroxylation sites is 6. The first kappa shape index (κ1) is 35.2. The van der Waals surface area contributed by atoms with E-state index in [-0.39, 0.29) is 0 Å². The minimum absolute atomic E-state index is 0.608. The number of benzene rings is 6. The predicted molar refractivity (Wildman–Crippen MR) is 213 cm³/mol. The third kappa shape index (κ3) is 6.41. The van der Waals surface area contributed by atoms with Crippen molar-refractivity contribution < 1.29 is 28.4 Å². The Morgan fingerprint density at radius 3 is 0.519 bits per heavy atom. The molecule has 0 radical (unpaired) electrons. The van der Waals surface area contributed by atoms with Crippen molar-refractivity contribution >= 4 is 0 Å². The zero-order chi connectivity index (χ0) is 37.6. The van der Waals surface area contributed by atoms with Gasteiger partial charge in [0.1, 0.15) is 34.5 Å². The van der Waals surface area contributed by atoms with E-state index >= 15 is 0 Å². The van der Waals surface area contributed by atoms with Gasteiger partial charge in [-0.05, 0) is 36.4 Å². The van der Waals surface area contributed by atoms with Crippen molar-refractivity contribution in [3.8, 4) is 103 Å². The first-order chi connectivity index (χ1) is 26.5. The summed E-state index contributed by atoms with van der Waals surface area (Å²) in [7, 11) is 9.85. The van der Waals surface area contributed by atoms with Crippen LogP contribution < -0.4 is 28.4 Å². The highest BCUT2D eigenvalue weighted by Crippen LogP contribution is 2.43. The summed E-state index contributed by atoms with van der Waals surface area (Å²) in [5.74, 6) is 23.7. The minimum Gasteiger partial charge on any atom is -0.495 e. The van der Waals surface area contributed by atoms with Gasteiger partial charge in [-0.2, -0.15) is 0 Å². The van der Waals surface area contributed by atoms with Crippen LogP contribution in [0, 0.1) is 35.5 Å². The lowest BCUT2D eigenvalue weighted by atomic mass is 9.96. The van der Waals surface area contributed by atoms with Crippen molar-refractivity contribution in [2.24, 2.45) is 0 Å². The van der Waals surface area contributed by atoms with Crippen molar-refractivity contribution in [1.82, 2.24) is 0 Å². The van der Waals surface area contributed by atoms with E-state index in [1.54, 1.807) is 42.7 Å². The van der Waals surface area contributed by atoms with E-state index < -0.39 is 0 Å². The molecule has 6 nitrogen and oxygen atoms in total. The first-order valence-corrected chi connectivity index (χ1v) is 17.1. The number of hydrogen-bond acceptors (Lipinski definition) is 6. The molecule has 54 heavy (non-hydrogen) atoms. The summed E-state index contributed by atoms with van der Waals surface area (Å²) in [6, 6.07) is 35.2. The van der Waals surface area contributed by atoms with E-state index in [0.29, 0.717) is 67.9 Å². The van der Waals surface area contributed by atoms with Crippen molar-refractivity contribution in [1.29, 1.82) is 0 Å². The fourth-order valence-corrected chi connectivity index (χ4v) is 6.81. The number of fused-ring (bicyclic) bond motifs is 15. The van der Waals surface area contributed by atoms with Gasteiger partial charge in [-0.1, -0.05) is 108 Å². The Morgan fingerprint density at radius 1 is 0.241 bits per heavy atom. The predicted octanol–water partition coefficient (Wildman–Crippen LogP) is 9.25. The van der Waals surface area contributed by atoms with Crippen LogP contribution in [0.2, 0.25) is 0 Å². The number of ether oxygens (including phenoxy) is 6. The van der Waals surface area contributed by atoms with E-state index in [9.17, 15) is 0 Å². The highest BCUT2D eigenvalue weighted by molar-refractivity contribution is 5.84. The minimum atomic E-state index is 0.608. The Balaban J connectivity index is 1.55. The van der Waals surface area contributed by atoms with Crippen LogP contribution >= 0.6 is 0 Å². The molecule has 0 aliphatic heterocycles. The molecule has 0 aromatic heterocycles. The molecule has 264 valence electrons. The van der Waals surface area contributed by atoms with Gasteiger partial charge in [-0.15, -0.1) is 0 Å². The Hall–Kier alpha value is -7.20. The lowest BCUT2D eigenvalue weighted by Crippen LogP contribution is -1.98. The Labute approximate surface area is 316 Å². The fourth-order valence-electron chi connectivity index (χ4n) is 6.81. The zero-order valence-electron chi connectivity index (χ0n) is 30.8. The molecular weight excluding hydrogens is 673 g/mol. The third-order valence-electron chi connectivity index (χ3n) is 9.18. The maximum atomic E-state index is 6.02. The molecule has 0 atom stereocenters. The first-order valence-electron chi connectivity index (χ1n) is 17.1. The van der Waals surface area contributed by atoms with E-state index in [1.165, 1.54) is 0 Å². The van der Waals surface area contributed by atoms with Crippen LogP contribution in [0.25, 0.3) is 33.4 Å². The van der Waals surface area contributed by atoms with Crippen LogP contribution in [0.4, 0.5) is 0 Å². The molecule has 1 aliphatic rings. The van der Waals surface area contributed by atoms with Gasteiger partial charge >= 0.3 is 0 Å². The molecule has 0 saturated heterocycles.